The Bertz CT molecular complexity index is 984. The van der Waals surface area contributed by atoms with Gasteiger partial charge in [0.2, 0.25) is 0 Å². The van der Waals surface area contributed by atoms with Crippen LogP contribution in [-0.2, 0) is 6.54 Å². The molecule has 2 aromatic carbocycles. The number of rotatable bonds is 5. The molecule has 1 amide bonds. The number of pyridine rings is 1. The predicted octanol–water partition coefficient (Wildman–Crippen LogP) is 4.58. The normalized spacial score (nSPS) is 10.8. The summed E-state index contributed by atoms with van der Waals surface area (Å²) in [7, 11) is 0. The van der Waals surface area contributed by atoms with Gasteiger partial charge < -0.3 is 9.88 Å². The number of aromatic nitrogens is 1. The minimum absolute atomic E-state index is 0.131. The Morgan fingerprint density at radius 1 is 0.963 bits per heavy atom. The van der Waals surface area contributed by atoms with Crippen molar-refractivity contribution in [1.82, 2.24) is 4.57 Å². The summed E-state index contributed by atoms with van der Waals surface area (Å²) in [6.07, 6.45) is 1.61. The second kappa shape index (κ2) is 8.04. The third-order valence-electron chi connectivity index (χ3n) is 4.55. The molecule has 0 unspecified atom stereocenters. The van der Waals surface area contributed by atoms with E-state index in [2.05, 4.69) is 19.2 Å². The lowest BCUT2D eigenvalue weighted by Gasteiger charge is -2.10. The van der Waals surface area contributed by atoms with E-state index in [9.17, 15) is 9.59 Å². The van der Waals surface area contributed by atoms with Crippen molar-refractivity contribution in [2.24, 2.45) is 0 Å². The molecule has 3 aromatic rings. The van der Waals surface area contributed by atoms with Crippen LogP contribution in [0.4, 0.5) is 5.69 Å². The third-order valence-corrected chi connectivity index (χ3v) is 4.55. The maximum atomic E-state index is 12.6. The van der Waals surface area contributed by atoms with E-state index in [1.54, 1.807) is 16.8 Å². The minimum atomic E-state index is -0.232. The number of aryl methyl sites for hydroxylation is 1. The van der Waals surface area contributed by atoms with E-state index in [-0.39, 0.29) is 11.5 Å². The Kier molecular flexibility index (Phi) is 5.55. The van der Waals surface area contributed by atoms with Crippen molar-refractivity contribution in [2.75, 3.05) is 5.32 Å². The number of nitrogens with one attached hydrogen (secondary N) is 1. The van der Waals surface area contributed by atoms with Crippen LogP contribution < -0.4 is 10.9 Å². The van der Waals surface area contributed by atoms with E-state index in [1.807, 2.05) is 55.5 Å². The van der Waals surface area contributed by atoms with Crippen molar-refractivity contribution >= 4 is 11.6 Å². The molecule has 0 spiro atoms. The molecular formula is C23H24N2O2. The van der Waals surface area contributed by atoms with Crippen molar-refractivity contribution < 1.29 is 4.79 Å². The van der Waals surface area contributed by atoms with E-state index >= 15 is 0 Å². The van der Waals surface area contributed by atoms with Gasteiger partial charge in [0.1, 0.15) is 0 Å². The second-order valence-electron chi connectivity index (χ2n) is 7.10. The highest BCUT2D eigenvalue weighted by molar-refractivity contribution is 6.04. The maximum absolute atomic E-state index is 12.6. The lowest BCUT2D eigenvalue weighted by atomic mass is 10.0. The molecule has 0 aliphatic rings. The molecule has 4 heteroatoms. The summed E-state index contributed by atoms with van der Waals surface area (Å²) >= 11 is 0. The van der Waals surface area contributed by atoms with Crippen LogP contribution >= 0.6 is 0 Å². The Morgan fingerprint density at radius 2 is 1.63 bits per heavy atom. The number of hydrogen-bond donors (Lipinski definition) is 1. The molecule has 0 aliphatic carbocycles. The van der Waals surface area contributed by atoms with Gasteiger partial charge in [0.05, 0.1) is 12.1 Å². The maximum Gasteiger partial charge on any atom is 0.257 e. The van der Waals surface area contributed by atoms with Crippen LogP contribution in [-0.4, -0.2) is 10.5 Å². The molecule has 1 N–H and O–H groups in total. The van der Waals surface area contributed by atoms with Crippen molar-refractivity contribution in [2.45, 2.75) is 33.2 Å². The Morgan fingerprint density at radius 3 is 2.26 bits per heavy atom. The summed E-state index contributed by atoms with van der Waals surface area (Å²) < 4.78 is 1.56. The number of carbonyl (C=O) groups excluding carboxylic acids is 1. The van der Waals surface area contributed by atoms with Gasteiger partial charge in [-0.1, -0.05) is 55.8 Å². The van der Waals surface area contributed by atoms with Crippen molar-refractivity contribution in [3.8, 4) is 0 Å². The molecule has 0 saturated heterocycles. The first kappa shape index (κ1) is 18.6. The highest BCUT2D eigenvalue weighted by atomic mass is 16.2. The standard InChI is InChI=1S/C23H24N2O2/c1-16(2)19-8-11-21(12-9-19)24-23(27)20-10-13-22(26)25(15-20)14-18-6-4-17(3)5-7-18/h4-13,15-16H,14H2,1-3H3,(H,24,27). The lowest BCUT2D eigenvalue weighted by molar-refractivity contribution is 0.102. The van der Waals surface area contributed by atoms with Crippen LogP contribution in [0.25, 0.3) is 0 Å². The van der Waals surface area contributed by atoms with Gasteiger partial charge in [-0.3, -0.25) is 9.59 Å². The number of carbonyl (C=O) groups is 1. The number of hydrogen-bond acceptors (Lipinski definition) is 2. The molecule has 1 heterocycles. The minimum Gasteiger partial charge on any atom is -0.322 e. The van der Waals surface area contributed by atoms with E-state index in [4.69, 9.17) is 0 Å². The summed E-state index contributed by atoms with van der Waals surface area (Å²) in [5.74, 6) is 0.213. The average Bonchev–Trinajstić information content (AvgIpc) is 2.65. The molecule has 4 nitrogen and oxygen atoms in total. The van der Waals surface area contributed by atoms with Crippen LogP contribution in [0.5, 0.6) is 0 Å². The molecule has 0 bridgehead atoms. The zero-order chi connectivity index (χ0) is 19.4. The van der Waals surface area contributed by atoms with Crippen LogP contribution in [0.2, 0.25) is 0 Å². The van der Waals surface area contributed by atoms with E-state index in [0.29, 0.717) is 18.0 Å². The first-order valence-electron chi connectivity index (χ1n) is 9.10. The van der Waals surface area contributed by atoms with Gasteiger partial charge in [-0.25, -0.2) is 0 Å². The van der Waals surface area contributed by atoms with Gasteiger partial charge in [-0.05, 0) is 42.2 Å². The Balaban J connectivity index is 1.77. The lowest BCUT2D eigenvalue weighted by Crippen LogP contribution is -2.22. The van der Waals surface area contributed by atoms with Crippen LogP contribution in [0.15, 0.2) is 71.7 Å². The number of anilines is 1. The highest BCUT2D eigenvalue weighted by Crippen LogP contribution is 2.17. The molecule has 0 radical (unpaired) electrons. The largest absolute Gasteiger partial charge is 0.322 e. The van der Waals surface area contributed by atoms with Gasteiger partial charge in [0.15, 0.2) is 0 Å². The number of benzene rings is 2. The second-order valence-corrected chi connectivity index (χ2v) is 7.10. The monoisotopic (exact) mass is 360 g/mol. The predicted molar refractivity (Wildman–Crippen MR) is 109 cm³/mol. The number of nitrogens with zero attached hydrogens (tertiary/aromatic N) is 1. The third kappa shape index (κ3) is 4.73. The molecule has 138 valence electrons. The fourth-order valence-corrected chi connectivity index (χ4v) is 2.83. The van der Waals surface area contributed by atoms with Crippen LogP contribution in [0, 0.1) is 6.92 Å². The first-order chi connectivity index (χ1) is 12.9. The van der Waals surface area contributed by atoms with Gasteiger partial charge in [0, 0.05) is 18.0 Å². The fourth-order valence-electron chi connectivity index (χ4n) is 2.83. The van der Waals surface area contributed by atoms with Crippen molar-refractivity contribution in [3.63, 3.8) is 0 Å². The van der Waals surface area contributed by atoms with Crippen molar-refractivity contribution in [3.05, 3.63) is 99.5 Å². The first-order valence-corrected chi connectivity index (χ1v) is 9.10. The van der Waals surface area contributed by atoms with E-state index in [1.165, 1.54) is 17.2 Å². The topological polar surface area (TPSA) is 51.1 Å². The number of amides is 1. The molecule has 0 fully saturated rings. The summed E-state index contributed by atoms with van der Waals surface area (Å²) in [5.41, 5.74) is 4.47. The Hall–Kier alpha value is -3.14. The molecule has 27 heavy (non-hydrogen) atoms. The summed E-state index contributed by atoms with van der Waals surface area (Å²) in [5, 5.41) is 2.89. The smallest absolute Gasteiger partial charge is 0.257 e. The highest BCUT2D eigenvalue weighted by Gasteiger charge is 2.09. The zero-order valence-corrected chi connectivity index (χ0v) is 15.9. The quantitative estimate of drug-likeness (QED) is 0.724. The van der Waals surface area contributed by atoms with Gasteiger partial charge in [-0.2, -0.15) is 0 Å². The molecule has 0 aliphatic heterocycles. The van der Waals surface area contributed by atoms with Crippen LogP contribution in [0.1, 0.15) is 46.8 Å². The molecular weight excluding hydrogens is 336 g/mol. The zero-order valence-electron chi connectivity index (χ0n) is 15.9. The van der Waals surface area contributed by atoms with E-state index < -0.39 is 0 Å². The van der Waals surface area contributed by atoms with Crippen molar-refractivity contribution in [1.29, 1.82) is 0 Å². The molecule has 1 aromatic heterocycles. The van der Waals surface area contributed by atoms with E-state index in [0.717, 1.165) is 11.3 Å². The molecule has 3 rings (SSSR count). The van der Waals surface area contributed by atoms with Gasteiger partial charge in [0.25, 0.3) is 11.5 Å². The average molecular weight is 360 g/mol. The van der Waals surface area contributed by atoms with Gasteiger partial charge in [-0.15, -0.1) is 0 Å². The summed E-state index contributed by atoms with van der Waals surface area (Å²) in [6, 6.07) is 18.8. The Labute approximate surface area is 159 Å². The fraction of sp³-hybridized carbons (Fsp3) is 0.217. The van der Waals surface area contributed by atoms with Crippen LogP contribution in [0.3, 0.4) is 0 Å². The molecule has 0 atom stereocenters. The summed E-state index contributed by atoms with van der Waals surface area (Å²) in [6.45, 7) is 6.72. The molecule has 0 saturated carbocycles. The van der Waals surface area contributed by atoms with Gasteiger partial charge >= 0.3 is 0 Å². The SMILES string of the molecule is Cc1ccc(Cn2cc(C(=O)Nc3ccc(C(C)C)cc3)ccc2=O)cc1. The summed E-state index contributed by atoms with van der Waals surface area (Å²) in [4.78, 5) is 24.7.